The van der Waals surface area contributed by atoms with Crippen LogP contribution in [0.1, 0.15) is 12.8 Å². The number of anilines is 1. The maximum atomic E-state index is 4.52. The lowest BCUT2D eigenvalue weighted by molar-refractivity contribution is 0.423. The number of H-pyrrole nitrogens is 1. The van der Waals surface area contributed by atoms with Crippen LogP contribution in [0.2, 0.25) is 0 Å². The molecule has 0 radical (unpaired) electrons. The van der Waals surface area contributed by atoms with Gasteiger partial charge in [-0.2, -0.15) is 0 Å². The zero-order chi connectivity index (χ0) is 17.8. The molecule has 1 fully saturated rings. The lowest BCUT2D eigenvalue weighted by atomic mass is 10.0. The summed E-state index contributed by atoms with van der Waals surface area (Å²) in [6, 6.07) is 2.64. The highest BCUT2D eigenvalue weighted by molar-refractivity contribution is 6.02. The predicted molar refractivity (Wildman–Crippen MR) is 104 cm³/mol. The molecule has 7 nitrogen and oxygen atoms in total. The fraction of sp³-hybridized carbons (Fsp3) is 0.421. The second-order valence-corrected chi connectivity index (χ2v) is 6.73. The largest absolute Gasteiger partial charge is 0.369 e. The number of hydrogen-bond donors (Lipinski definition) is 3. The molecule has 0 amide bonds. The van der Waals surface area contributed by atoms with Gasteiger partial charge in [-0.3, -0.25) is 0 Å². The first-order valence-corrected chi connectivity index (χ1v) is 9.21. The van der Waals surface area contributed by atoms with Crippen molar-refractivity contribution >= 4 is 16.7 Å². The van der Waals surface area contributed by atoms with E-state index in [9.17, 15) is 0 Å². The number of rotatable bonds is 6. The highest BCUT2D eigenvalue weighted by Crippen LogP contribution is 2.35. The van der Waals surface area contributed by atoms with Gasteiger partial charge in [0.15, 0.2) is 0 Å². The van der Waals surface area contributed by atoms with Crippen molar-refractivity contribution in [2.45, 2.75) is 18.9 Å². The minimum absolute atomic E-state index is 0.516. The molecular formula is C19H25N7. The Morgan fingerprint density at radius 3 is 3.00 bits per heavy atom. The second-order valence-electron chi connectivity index (χ2n) is 6.73. The van der Waals surface area contributed by atoms with E-state index in [1.54, 1.807) is 6.33 Å². The first-order valence-electron chi connectivity index (χ1n) is 9.21. The van der Waals surface area contributed by atoms with Crippen molar-refractivity contribution < 1.29 is 0 Å². The number of piperidine rings is 1. The molecule has 1 unspecified atom stereocenters. The number of nitrogens with zero attached hydrogens (tertiary/aromatic N) is 4. The Morgan fingerprint density at radius 2 is 2.15 bits per heavy atom. The normalized spacial score (nSPS) is 17.7. The summed E-state index contributed by atoms with van der Waals surface area (Å²) in [7, 11) is 1.99. The summed E-state index contributed by atoms with van der Waals surface area (Å²) in [5, 5.41) is 8.01. The summed E-state index contributed by atoms with van der Waals surface area (Å²) >= 11 is 0. The van der Waals surface area contributed by atoms with Crippen molar-refractivity contribution in [1.29, 1.82) is 0 Å². The Kier molecular flexibility index (Phi) is 5.08. The molecule has 3 N–H and O–H groups in total. The maximum absolute atomic E-state index is 4.52. The maximum Gasteiger partial charge on any atom is 0.139 e. The molecular weight excluding hydrogens is 326 g/mol. The fourth-order valence-electron chi connectivity index (χ4n) is 3.73. The van der Waals surface area contributed by atoms with E-state index in [0.29, 0.717) is 6.04 Å². The van der Waals surface area contributed by atoms with E-state index in [4.69, 9.17) is 0 Å². The van der Waals surface area contributed by atoms with Gasteiger partial charge >= 0.3 is 0 Å². The van der Waals surface area contributed by atoms with Gasteiger partial charge < -0.3 is 20.5 Å². The molecule has 0 aliphatic carbocycles. The quantitative estimate of drug-likeness (QED) is 0.588. The van der Waals surface area contributed by atoms with E-state index in [1.165, 1.54) is 18.5 Å². The minimum Gasteiger partial charge on any atom is -0.369 e. The number of pyridine rings is 1. The van der Waals surface area contributed by atoms with Gasteiger partial charge in [-0.1, -0.05) is 0 Å². The summed E-state index contributed by atoms with van der Waals surface area (Å²) in [6.45, 7) is 4.07. The third-order valence-electron chi connectivity index (χ3n) is 4.99. The molecule has 3 aromatic rings. The van der Waals surface area contributed by atoms with E-state index >= 15 is 0 Å². The van der Waals surface area contributed by atoms with Crippen molar-refractivity contribution in [1.82, 2.24) is 30.6 Å². The number of likely N-dealkylation sites (N-methyl/N-ethyl adjacent to an activating group) is 1. The summed E-state index contributed by atoms with van der Waals surface area (Å²) < 4.78 is 0. The van der Waals surface area contributed by atoms with Crippen LogP contribution in [-0.2, 0) is 0 Å². The van der Waals surface area contributed by atoms with Gasteiger partial charge in [0, 0.05) is 73.8 Å². The molecule has 136 valence electrons. The number of aromatic amines is 1. The molecule has 0 aromatic carbocycles. The summed E-state index contributed by atoms with van der Waals surface area (Å²) in [4.78, 5) is 18.6. The third-order valence-corrected chi connectivity index (χ3v) is 4.99. The Labute approximate surface area is 153 Å². The predicted octanol–water partition coefficient (Wildman–Crippen LogP) is 1.80. The lowest BCUT2D eigenvalue weighted by Crippen LogP contribution is -2.47. The Bertz CT molecular complexity index is 845. The van der Waals surface area contributed by atoms with E-state index in [0.717, 1.165) is 48.3 Å². The first-order chi connectivity index (χ1) is 12.9. The number of hydrogen-bond acceptors (Lipinski definition) is 6. The Balaban J connectivity index is 1.65. The molecule has 26 heavy (non-hydrogen) atoms. The molecule has 1 atom stereocenters. The SMILES string of the molecule is CNCCNC1CCCN(c2ccnc3[nH]cc(-c4cncnc4)c23)C1. The van der Waals surface area contributed by atoms with Gasteiger partial charge in [0.2, 0.25) is 0 Å². The lowest BCUT2D eigenvalue weighted by Gasteiger charge is -2.35. The van der Waals surface area contributed by atoms with Crippen LogP contribution in [0.5, 0.6) is 0 Å². The van der Waals surface area contributed by atoms with Crippen LogP contribution in [0.4, 0.5) is 5.69 Å². The number of aromatic nitrogens is 4. The van der Waals surface area contributed by atoms with Crippen LogP contribution < -0.4 is 15.5 Å². The van der Waals surface area contributed by atoms with Crippen LogP contribution >= 0.6 is 0 Å². The standard InChI is InChI=1S/C19H25N7/c1-20-6-7-23-15-3-2-8-26(12-15)17-4-5-24-19-18(17)16(11-25-19)14-9-21-13-22-10-14/h4-5,9-11,13,15,20,23H,2-3,6-8,12H2,1H3,(H,24,25). The van der Waals surface area contributed by atoms with Crippen molar-refractivity contribution in [2.75, 3.05) is 38.1 Å². The van der Waals surface area contributed by atoms with Crippen LogP contribution in [0.3, 0.4) is 0 Å². The van der Waals surface area contributed by atoms with Gasteiger partial charge in [-0.25, -0.2) is 15.0 Å². The third kappa shape index (κ3) is 3.40. The monoisotopic (exact) mass is 351 g/mol. The van der Waals surface area contributed by atoms with E-state index < -0.39 is 0 Å². The molecule has 4 rings (SSSR count). The molecule has 1 aliphatic rings. The number of fused-ring (bicyclic) bond motifs is 1. The van der Waals surface area contributed by atoms with Gasteiger partial charge in [-0.15, -0.1) is 0 Å². The van der Waals surface area contributed by atoms with Crippen LogP contribution in [0.25, 0.3) is 22.2 Å². The van der Waals surface area contributed by atoms with E-state index in [2.05, 4.69) is 41.5 Å². The average Bonchev–Trinajstić information content (AvgIpc) is 3.13. The highest BCUT2D eigenvalue weighted by atomic mass is 15.2. The van der Waals surface area contributed by atoms with Crippen molar-refractivity contribution in [3.05, 3.63) is 37.2 Å². The first kappa shape index (κ1) is 16.9. The summed E-state index contributed by atoms with van der Waals surface area (Å²) in [6.07, 6.45) is 11.6. The van der Waals surface area contributed by atoms with Crippen LogP contribution in [0.15, 0.2) is 37.2 Å². The van der Waals surface area contributed by atoms with E-state index in [-0.39, 0.29) is 0 Å². The average molecular weight is 351 g/mol. The van der Waals surface area contributed by atoms with Gasteiger partial charge in [-0.05, 0) is 26.0 Å². The van der Waals surface area contributed by atoms with Gasteiger partial charge in [0.1, 0.15) is 12.0 Å². The molecule has 0 spiro atoms. The van der Waals surface area contributed by atoms with E-state index in [1.807, 2.05) is 31.8 Å². The zero-order valence-electron chi connectivity index (χ0n) is 15.1. The minimum atomic E-state index is 0.516. The highest BCUT2D eigenvalue weighted by Gasteiger charge is 2.23. The van der Waals surface area contributed by atoms with Crippen molar-refractivity contribution in [3.8, 4) is 11.1 Å². The molecule has 3 aromatic heterocycles. The Hall–Kier alpha value is -2.51. The second kappa shape index (κ2) is 7.80. The molecule has 1 saturated heterocycles. The molecule has 1 aliphatic heterocycles. The Morgan fingerprint density at radius 1 is 1.27 bits per heavy atom. The molecule has 4 heterocycles. The molecule has 0 saturated carbocycles. The smallest absolute Gasteiger partial charge is 0.139 e. The van der Waals surface area contributed by atoms with Crippen molar-refractivity contribution in [2.24, 2.45) is 0 Å². The molecule has 0 bridgehead atoms. The zero-order valence-corrected chi connectivity index (χ0v) is 15.1. The van der Waals surface area contributed by atoms with Crippen molar-refractivity contribution in [3.63, 3.8) is 0 Å². The van der Waals surface area contributed by atoms with Crippen LogP contribution in [-0.4, -0.2) is 59.2 Å². The summed E-state index contributed by atoms with van der Waals surface area (Å²) in [5.74, 6) is 0. The fourth-order valence-corrected chi connectivity index (χ4v) is 3.73. The van der Waals surface area contributed by atoms with Gasteiger partial charge in [0.05, 0.1) is 5.39 Å². The summed E-state index contributed by atoms with van der Waals surface area (Å²) in [5.41, 5.74) is 4.25. The van der Waals surface area contributed by atoms with Gasteiger partial charge in [0.25, 0.3) is 0 Å². The van der Waals surface area contributed by atoms with Crippen LogP contribution in [0, 0.1) is 0 Å². The topological polar surface area (TPSA) is 81.8 Å². The number of nitrogens with one attached hydrogen (secondary N) is 3. The molecule has 7 heteroatoms.